The Labute approximate surface area is 167 Å². The van der Waals surface area contributed by atoms with E-state index in [-0.39, 0.29) is 29.2 Å². The quantitative estimate of drug-likeness (QED) is 0.473. The third-order valence-electron chi connectivity index (χ3n) is 4.28. The van der Waals surface area contributed by atoms with Crippen molar-refractivity contribution in [1.82, 2.24) is 0 Å². The molecule has 6 nitrogen and oxygen atoms in total. The van der Waals surface area contributed by atoms with Crippen LogP contribution >= 0.6 is 11.6 Å². The lowest BCUT2D eigenvalue weighted by molar-refractivity contribution is -0.676. The zero-order chi connectivity index (χ0) is 19.9. The molecule has 3 N–H and O–H groups in total. The van der Waals surface area contributed by atoms with Gasteiger partial charge in [-0.2, -0.15) is 0 Å². The van der Waals surface area contributed by atoms with Gasteiger partial charge in [0.1, 0.15) is 11.1 Å². The van der Waals surface area contributed by atoms with Gasteiger partial charge < -0.3 is 10.6 Å². The first-order chi connectivity index (χ1) is 13.5. The highest BCUT2D eigenvalue weighted by Crippen LogP contribution is 2.27. The van der Waals surface area contributed by atoms with Crippen LogP contribution in [-0.2, 0) is 4.79 Å². The van der Waals surface area contributed by atoms with Crippen LogP contribution in [0.2, 0.25) is 5.02 Å². The van der Waals surface area contributed by atoms with Gasteiger partial charge in [-0.05, 0) is 12.1 Å². The maximum atomic E-state index is 12.4. The van der Waals surface area contributed by atoms with E-state index in [9.17, 15) is 14.9 Å². The van der Waals surface area contributed by atoms with Crippen LogP contribution in [0.25, 0.3) is 0 Å². The number of anilines is 1. The molecule has 142 valence electrons. The van der Waals surface area contributed by atoms with Gasteiger partial charge in [0, 0.05) is 22.9 Å². The summed E-state index contributed by atoms with van der Waals surface area (Å²) in [5.74, 6) is -0.256. The first-order valence-electron chi connectivity index (χ1n) is 8.71. The molecule has 3 aromatic rings. The van der Waals surface area contributed by atoms with Crippen LogP contribution in [0.15, 0.2) is 78.9 Å². The monoisotopic (exact) mass is 396 g/mol. The zero-order valence-electron chi connectivity index (χ0n) is 14.9. The molecule has 7 heteroatoms. The third-order valence-corrected chi connectivity index (χ3v) is 4.60. The number of rotatable bonds is 7. The van der Waals surface area contributed by atoms with Crippen molar-refractivity contribution in [2.24, 2.45) is 0 Å². The minimum absolute atomic E-state index is 0.0304. The molecule has 0 heterocycles. The molecule has 0 spiro atoms. The van der Waals surface area contributed by atoms with Gasteiger partial charge in [0.2, 0.25) is 0 Å². The molecule has 3 rings (SSSR count). The van der Waals surface area contributed by atoms with Crippen molar-refractivity contribution >= 4 is 28.9 Å². The summed E-state index contributed by atoms with van der Waals surface area (Å²) in [5.41, 5.74) is 2.27. The fourth-order valence-corrected chi connectivity index (χ4v) is 3.14. The van der Waals surface area contributed by atoms with Crippen molar-refractivity contribution < 1.29 is 15.0 Å². The topological polar surface area (TPSA) is 88.8 Å². The van der Waals surface area contributed by atoms with E-state index in [0.717, 1.165) is 11.1 Å². The molecule has 3 aromatic carbocycles. The highest BCUT2D eigenvalue weighted by atomic mass is 35.5. The molecule has 0 bridgehead atoms. The first kappa shape index (κ1) is 19.5. The number of nitrogens with two attached hydrogens (primary N) is 1. The summed E-state index contributed by atoms with van der Waals surface area (Å²) in [4.78, 5) is 22.8. The van der Waals surface area contributed by atoms with E-state index < -0.39 is 4.92 Å². The smallest absolute Gasteiger partial charge is 0.289 e. The fourth-order valence-electron chi connectivity index (χ4n) is 2.95. The fraction of sp³-hybridized carbons (Fsp3) is 0.0952. The molecule has 0 saturated heterocycles. The molecular formula is C21H19ClN3O3+. The van der Waals surface area contributed by atoms with Gasteiger partial charge in [0.15, 0.2) is 6.54 Å². The number of quaternary nitrogens is 1. The lowest BCUT2D eigenvalue weighted by Crippen LogP contribution is -2.87. The second kappa shape index (κ2) is 9.12. The lowest BCUT2D eigenvalue weighted by atomic mass is 9.99. The molecule has 0 aliphatic heterocycles. The summed E-state index contributed by atoms with van der Waals surface area (Å²) in [6, 6.07) is 24.0. The summed E-state index contributed by atoms with van der Waals surface area (Å²) in [6.45, 7) is 0.158. The molecule has 0 aromatic heterocycles. The number of hydrogen-bond acceptors (Lipinski definition) is 3. The maximum Gasteiger partial charge on any atom is 0.289 e. The SMILES string of the molecule is O=C(C[NH2+]C(c1ccccc1)c1ccccc1)Nc1ccc(Cl)c([N+](=O)[O-])c1. The minimum Gasteiger partial charge on any atom is -0.328 e. The Bertz CT molecular complexity index is 926. The molecule has 0 aliphatic carbocycles. The summed E-state index contributed by atoms with van der Waals surface area (Å²) < 4.78 is 0. The lowest BCUT2D eigenvalue weighted by Gasteiger charge is -2.16. The Balaban J connectivity index is 1.71. The highest BCUT2D eigenvalue weighted by molar-refractivity contribution is 6.32. The number of nitrogens with one attached hydrogen (secondary N) is 1. The van der Waals surface area contributed by atoms with E-state index in [1.165, 1.54) is 12.1 Å². The average Bonchev–Trinajstić information content (AvgIpc) is 2.71. The summed E-state index contributed by atoms with van der Waals surface area (Å²) >= 11 is 5.81. The van der Waals surface area contributed by atoms with Crippen LogP contribution < -0.4 is 10.6 Å². The van der Waals surface area contributed by atoms with Gasteiger partial charge in [0.05, 0.1) is 4.92 Å². The van der Waals surface area contributed by atoms with Gasteiger partial charge in [-0.15, -0.1) is 0 Å². The number of nitrogens with zero attached hydrogens (tertiary/aromatic N) is 1. The van der Waals surface area contributed by atoms with Crippen LogP contribution in [-0.4, -0.2) is 17.4 Å². The number of nitro benzene ring substituents is 1. The average molecular weight is 397 g/mol. The Morgan fingerprint density at radius 1 is 1.00 bits per heavy atom. The number of nitro groups is 1. The van der Waals surface area contributed by atoms with Crippen molar-refractivity contribution in [1.29, 1.82) is 0 Å². The first-order valence-corrected chi connectivity index (χ1v) is 9.09. The number of carbonyl (C=O) groups excluding carboxylic acids is 1. The van der Waals surface area contributed by atoms with Crippen molar-refractivity contribution in [3.63, 3.8) is 0 Å². The normalized spacial score (nSPS) is 10.6. The van der Waals surface area contributed by atoms with E-state index in [1.54, 1.807) is 6.07 Å². The molecular weight excluding hydrogens is 378 g/mol. The van der Waals surface area contributed by atoms with Crippen molar-refractivity contribution in [3.05, 3.63) is 105 Å². The van der Waals surface area contributed by atoms with Gasteiger partial charge >= 0.3 is 0 Å². The summed E-state index contributed by atoms with van der Waals surface area (Å²) in [7, 11) is 0. The van der Waals surface area contributed by atoms with Crippen LogP contribution in [0.4, 0.5) is 11.4 Å². The van der Waals surface area contributed by atoms with Crippen LogP contribution in [0.5, 0.6) is 0 Å². The maximum absolute atomic E-state index is 12.4. The van der Waals surface area contributed by atoms with E-state index in [1.807, 2.05) is 66.0 Å². The minimum atomic E-state index is -0.578. The predicted molar refractivity (Wildman–Crippen MR) is 108 cm³/mol. The highest BCUT2D eigenvalue weighted by Gasteiger charge is 2.19. The van der Waals surface area contributed by atoms with Gasteiger partial charge in [-0.25, -0.2) is 0 Å². The van der Waals surface area contributed by atoms with Crippen molar-refractivity contribution in [2.75, 3.05) is 11.9 Å². The molecule has 0 fully saturated rings. The number of amides is 1. The van der Waals surface area contributed by atoms with Crippen LogP contribution in [0.1, 0.15) is 17.2 Å². The zero-order valence-corrected chi connectivity index (χ0v) is 15.7. The molecule has 0 aliphatic rings. The van der Waals surface area contributed by atoms with Gasteiger partial charge in [0.25, 0.3) is 11.6 Å². The summed E-state index contributed by atoms with van der Waals surface area (Å²) in [5, 5.41) is 15.6. The van der Waals surface area contributed by atoms with E-state index in [0.29, 0.717) is 5.69 Å². The standard InChI is InChI=1S/C21H18ClN3O3/c22-18-12-11-17(13-19(18)25(27)28)24-20(26)14-23-21(15-7-3-1-4-8-15)16-9-5-2-6-10-16/h1-13,21,23H,14H2,(H,24,26)/p+1. The van der Waals surface area contributed by atoms with Crippen molar-refractivity contribution in [2.45, 2.75) is 6.04 Å². The number of carbonyl (C=O) groups is 1. The Morgan fingerprint density at radius 2 is 1.57 bits per heavy atom. The third kappa shape index (κ3) is 4.94. The van der Waals surface area contributed by atoms with Gasteiger partial charge in [-0.1, -0.05) is 72.3 Å². The van der Waals surface area contributed by atoms with Gasteiger partial charge in [-0.3, -0.25) is 14.9 Å². The Morgan fingerprint density at radius 3 is 2.11 bits per heavy atom. The second-order valence-corrected chi connectivity index (χ2v) is 6.62. The Kier molecular flexibility index (Phi) is 6.37. The molecule has 0 saturated carbocycles. The van der Waals surface area contributed by atoms with E-state index in [2.05, 4.69) is 5.32 Å². The van der Waals surface area contributed by atoms with Crippen molar-refractivity contribution in [3.8, 4) is 0 Å². The number of benzene rings is 3. The van der Waals surface area contributed by atoms with Crippen LogP contribution in [0.3, 0.4) is 0 Å². The molecule has 0 unspecified atom stereocenters. The predicted octanol–water partition coefficient (Wildman–Crippen LogP) is 3.54. The summed E-state index contributed by atoms with van der Waals surface area (Å²) in [6.07, 6.45) is 0. The van der Waals surface area contributed by atoms with Crippen LogP contribution in [0, 0.1) is 10.1 Å². The second-order valence-electron chi connectivity index (χ2n) is 6.21. The van der Waals surface area contributed by atoms with E-state index >= 15 is 0 Å². The largest absolute Gasteiger partial charge is 0.328 e. The molecule has 0 radical (unpaired) electrons. The van der Waals surface area contributed by atoms with E-state index in [4.69, 9.17) is 11.6 Å². The molecule has 28 heavy (non-hydrogen) atoms. The Hall–Kier alpha value is -3.22. The number of halogens is 1. The molecule has 1 amide bonds. The number of hydrogen-bond donors (Lipinski definition) is 2. The molecule has 0 atom stereocenters.